The van der Waals surface area contributed by atoms with Gasteiger partial charge in [0.15, 0.2) is 0 Å². The van der Waals surface area contributed by atoms with Crippen molar-refractivity contribution < 1.29 is 0 Å². The first-order valence-corrected chi connectivity index (χ1v) is 6.76. The molecular weight excluding hydrogens is 220 g/mol. The van der Waals surface area contributed by atoms with Crippen molar-refractivity contribution in [2.75, 3.05) is 0 Å². The van der Waals surface area contributed by atoms with E-state index in [9.17, 15) is 0 Å². The molecule has 0 atom stereocenters. The van der Waals surface area contributed by atoms with E-state index in [0.29, 0.717) is 5.92 Å². The van der Waals surface area contributed by atoms with E-state index in [4.69, 9.17) is 0 Å². The van der Waals surface area contributed by atoms with Crippen molar-refractivity contribution in [1.82, 2.24) is 0 Å². The van der Waals surface area contributed by atoms with Gasteiger partial charge in [-0.25, -0.2) is 0 Å². The summed E-state index contributed by atoms with van der Waals surface area (Å²) in [4.78, 5) is 1.32. The van der Waals surface area contributed by atoms with Crippen LogP contribution in [0.5, 0.6) is 0 Å². The van der Waals surface area contributed by atoms with Crippen LogP contribution in [-0.2, 0) is 0 Å². The zero-order valence-electron chi connectivity index (χ0n) is 8.94. The predicted molar refractivity (Wildman–Crippen MR) is 69.0 cm³/mol. The number of hydrogen-bond donors (Lipinski definition) is 0. The fourth-order valence-corrected chi connectivity index (χ4v) is 3.11. The molecule has 15 heavy (non-hydrogen) atoms. The van der Waals surface area contributed by atoms with Crippen molar-refractivity contribution in [3.8, 4) is 0 Å². The zero-order chi connectivity index (χ0) is 10.7. The largest absolute Gasteiger partial charge is 0.137 e. The Bertz CT molecular complexity index is 399. The molecule has 0 saturated heterocycles. The van der Waals surface area contributed by atoms with Crippen LogP contribution in [0.15, 0.2) is 50.9 Å². The Hall–Kier alpha value is -0.730. The third-order valence-corrected chi connectivity index (χ3v) is 4.31. The highest BCUT2D eigenvalue weighted by Crippen LogP contribution is 2.31. The molecule has 0 aliphatic heterocycles. The third kappa shape index (κ3) is 2.86. The van der Waals surface area contributed by atoms with Crippen LogP contribution in [0, 0.1) is 0 Å². The summed E-state index contributed by atoms with van der Waals surface area (Å²) in [7, 11) is 0. The summed E-state index contributed by atoms with van der Waals surface area (Å²) >= 11 is 3.62. The quantitative estimate of drug-likeness (QED) is 0.718. The highest BCUT2D eigenvalue weighted by Gasteiger charge is 2.00. The lowest BCUT2D eigenvalue weighted by Gasteiger charge is -2.05. The molecule has 78 valence electrons. The van der Waals surface area contributed by atoms with Gasteiger partial charge < -0.3 is 0 Å². The maximum atomic E-state index is 2.22. The molecule has 0 aliphatic carbocycles. The van der Waals surface area contributed by atoms with Crippen LogP contribution in [0.4, 0.5) is 0 Å². The summed E-state index contributed by atoms with van der Waals surface area (Å²) in [5.41, 5.74) is 1.41. The average molecular weight is 234 g/mol. The SMILES string of the molecule is CC(C)c1ccc(Sc2cccs2)cc1. The van der Waals surface area contributed by atoms with Crippen LogP contribution in [-0.4, -0.2) is 0 Å². The first-order chi connectivity index (χ1) is 7.25. The van der Waals surface area contributed by atoms with Crippen molar-refractivity contribution >= 4 is 23.1 Å². The first kappa shape index (κ1) is 10.8. The van der Waals surface area contributed by atoms with Gasteiger partial charge in [0, 0.05) is 4.90 Å². The minimum absolute atomic E-state index is 0.616. The average Bonchev–Trinajstić information content (AvgIpc) is 2.71. The highest BCUT2D eigenvalue weighted by atomic mass is 32.2. The minimum Gasteiger partial charge on any atom is -0.137 e. The number of benzene rings is 1. The van der Waals surface area contributed by atoms with E-state index in [0.717, 1.165) is 0 Å². The van der Waals surface area contributed by atoms with Crippen LogP contribution in [0.25, 0.3) is 0 Å². The molecule has 0 N–H and O–H groups in total. The van der Waals surface area contributed by atoms with Crippen molar-refractivity contribution in [3.63, 3.8) is 0 Å². The number of hydrogen-bond acceptors (Lipinski definition) is 2. The van der Waals surface area contributed by atoms with E-state index < -0.39 is 0 Å². The standard InChI is InChI=1S/C13H14S2/c1-10(2)11-5-7-12(8-6-11)15-13-4-3-9-14-13/h3-10H,1-2H3. The maximum Gasteiger partial charge on any atom is 0.0646 e. The summed E-state index contributed by atoms with van der Waals surface area (Å²) in [6, 6.07) is 13.1. The molecule has 0 amide bonds. The van der Waals surface area contributed by atoms with Gasteiger partial charge in [0.2, 0.25) is 0 Å². The molecule has 2 heteroatoms. The summed E-state index contributed by atoms with van der Waals surface area (Å²) in [5.74, 6) is 0.616. The van der Waals surface area contributed by atoms with E-state index >= 15 is 0 Å². The molecular formula is C13H14S2. The van der Waals surface area contributed by atoms with Crippen molar-refractivity contribution in [1.29, 1.82) is 0 Å². The van der Waals surface area contributed by atoms with Crippen LogP contribution in [0.1, 0.15) is 25.3 Å². The van der Waals surface area contributed by atoms with Gasteiger partial charge in [-0.15, -0.1) is 11.3 Å². The van der Waals surface area contributed by atoms with Crippen molar-refractivity contribution in [3.05, 3.63) is 47.3 Å². The van der Waals surface area contributed by atoms with E-state index in [-0.39, 0.29) is 0 Å². The van der Waals surface area contributed by atoms with Crippen molar-refractivity contribution in [2.24, 2.45) is 0 Å². The van der Waals surface area contributed by atoms with Gasteiger partial charge in [-0.1, -0.05) is 43.8 Å². The van der Waals surface area contributed by atoms with E-state index in [1.807, 2.05) is 11.8 Å². The van der Waals surface area contributed by atoms with Crippen molar-refractivity contribution in [2.45, 2.75) is 28.9 Å². The second-order valence-corrected chi connectivity index (χ2v) is 6.08. The van der Waals surface area contributed by atoms with E-state index in [1.54, 1.807) is 11.3 Å². The second kappa shape index (κ2) is 4.86. The lowest BCUT2D eigenvalue weighted by Crippen LogP contribution is -1.85. The Morgan fingerprint density at radius 1 is 1.07 bits per heavy atom. The van der Waals surface area contributed by atoms with Gasteiger partial charge >= 0.3 is 0 Å². The molecule has 0 spiro atoms. The van der Waals surface area contributed by atoms with Crippen LogP contribution in [0.2, 0.25) is 0 Å². The minimum atomic E-state index is 0.616. The van der Waals surface area contributed by atoms with Gasteiger partial charge in [0.05, 0.1) is 4.21 Å². The lowest BCUT2D eigenvalue weighted by molar-refractivity contribution is 0.865. The summed E-state index contributed by atoms with van der Waals surface area (Å²) in [5, 5.41) is 2.12. The van der Waals surface area contributed by atoms with Gasteiger partial charge in [0.1, 0.15) is 0 Å². The van der Waals surface area contributed by atoms with Gasteiger partial charge in [-0.2, -0.15) is 0 Å². The van der Waals surface area contributed by atoms with Crippen LogP contribution >= 0.6 is 23.1 Å². The fraction of sp³-hybridized carbons (Fsp3) is 0.231. The molecule has 2 rings (SSSR count). The van der Waals surface area contributed by atoms with Gasteiger partial charge in [-0.05, 0) is 35.1 Å². The molecule has 0 saturated carbocycles. The molecule has 2 aromatic rings. The summed E-state index contributed by atoms with van der Waals surface area (Å²) in [6.07, 6.45) is 0. The normalized spacial score (nSPS) is 10.9. The van der Waals surface area contributed by atoms with Crippen LogP contribution in [0.3, 0.4) is 0 Å². The third-order valence-electron chi connectivity index (χ3n) is 2.26. The molecule has 0 aliphatic rings. The molecule has 0 nitrogen and oxygen atoms in total. The highest BCUT2D eigenvalue weighted by molar-refractivity contribution is 8.01. The molecule has 0 unspecified atom stereocenters. The second-order valence-electron chi connectivity index (χ2n) is 3.76. The Labute approximate surface area is 99.3 Å². The molecule has 0 bridgehead atoms. The molecule has 1 aromatic carbocycles. The predicted octanol–water partition coefficient (Wildman–Crippen LogP) is 5.02. The smallest absolute Gasteiger partial charge is 0.0646 e. The lowest BCUT2D eigenvalue weighted by atomic mass is 10.0. The Morgan fingerprint density at radius 2 is 1.80 bits per heavy atom. The van der Waals surface area contributed by atoms with E-state index in [1.165, 1.54) is 14.7 Å². The maximum absolute atomic E-state index is 2.22. The van der Waals surface area contributed by atoms with Gasteiger partial charge in [-0.3, -0.25) is 0 Å². The van der Waals surface area contributed by atoms with E-state index in [2.05, 4.69) is 55.6 Å². The molecule has 0 fully saturated rings. The molecule has 1 heterocycles. The summed E-state index contributed by atoms with van der Waals surface area (Å²) in [6.45, 7) is 4.45. The first-order valence-electron chi connectivity index (χ1n) is 5.07. The monoisotopic (exact) mass is 234 g/mol. The fourth-order valence-electron chi connectivity index (χ4n) is 1.36. The number of rotatable bonds is 3. The summed E-state index contributed by atoms with van der Waals surface area (Å²) < 4.78 is 1.35. The molecule has 1 aromatic heterocycles. The zero-order valence-corrected chi connectivity index (χ0v) is 10.6. The Morgan fingerprint density at radius 3 is 2.33 bits per heavy atom. The number of thiophene rings is 1. The Kier molecular flexibility index (Phi) is 3.49. The Balaban J connectivity index is 2.11. The molecule has 0 radical (unpaired) electrons. The topological polar surface area (TPSA) is 0 Å². The van der Waals surface area contributed by atoms with Gasteiger partial charge in [0.25, 0.3) is 0 Å². The van der Waals surface area contributed by atoms with Crippen LogP contribution < -0.4 is 0 Å².